The minimum atomic E-state index is -0.336. The van der Waals surface area contributed by atoms with Gasteiger partial charge in [-0.3, -0.25) is 4.79 Å². The van der Waals surface area contributed by atoms with E-state index < -0.39 is 0 Å². The molecule has 0 radical (unpaired) electrons. The average Bonchev–Trinajstić information content (AvgIpc) is 2.35. The van der Waals surface area contributed by atoms with Crippen LogP contribution < -0.4 is 11.3 Å². The monoisotopic (exact) mass is 264 g/mol. The molecule has 2 rings (SSSR count). The van der Waals surface area contributed by atoms with Crippen LogP contribution in [0.2, 0.25) is 0 Å². The van der Waals surface area contributed by atoms with Gasteiger partial charge in [0.2, 0.25) is 0 Å². The Morgan fingerprint density at radius 3 is 2.95 bits per heavy atom. The van der Waals surface area contributed by atoms with Crippen molar-refractivity contribution in [3.63, 3.8) is 0 Å². The first-order valence-electron chi connectivity index (χ1n) is 6.32. The van der Waals surface area contributed by atoms with Crippen LogP contribution in [0.4, 0.5) is 5.82 Å². The number of nitrogen functional groups attached to an aromatic ring is 1. The zero-order chi connectivity index (χ0) is 14.0. The molecule has 1 amide bonds. The molecule has 0 spiro atoms. The van der Waals surface area contributed by atoms with E-state index in [2.05, 4.69) is 10.4 Å². The van der Waals surface area contributed by atoms with Crippen LogP contribution >= 0.6 is 0 Å². The van der Waals surface area contributed by atoms with E-state index in [4.69, 9.17) is 10.6 Å². The second kappa shape index (κ2) is 5.14. The Morgan fingerprint density at radius 1 is 1.58 bits per heavy atom. The minimum absolute atomic E-state index is 0.0171. The van der Waals surface area contributed by atoms with Crippen LogP contribution in [0.15, 0.2) is 18.2 Å². The average molecular weight is 264 g/mol. The molecule has 1 atom stereocenters. The number of carbonyl (C=O) groups is 1. The first kappa shape index (κ1) is 13.8. The highest BCUT2D eigenvalue weighted by atomic mass is 16.5. The molecule has 0 saturated carbocycles. The molecule has 1 aromatic heterocycles. The second-order valence-electron chi connectivity index (χ2n) is 5.43. The van der Waals surface area contributed by atoms with Crippen LogP contribution in [0.1, 0.15) is 31.3 Å². The zero-order valence-corrected chi connectivity index (χ0v) is 11.5. The van der Waals surface area contributed by atoms with E-state index in [1.807, 2.05) is 20.8 Å². The lowest BCUT2D eigenvalue weighted by atomic mass is 10.1. The molecular weight excluding hydrogens is 244 g/mol. The number of ether oxygens (including phenoxy) is 1. The van der Waals surface area contributed by atoms with Crippen molar-refractivity contribution in [3.8, 4) is 0 Å². The molecule has 19 heavy (non-hydrogen) atoms. The summed E-state index contributed by atoms with van der Waals surface area (Å²) in [5.41, 5.74) is 2.50. The molecule has 0 aliphatic carbocycles. The number of amides is 1. The number of carbonyl (C=O) groups excluding carboxylic acids is 1. The van der Waals surface area contributed by atoms with Gasteiger partial charge in [0.05, 0.1) is 11.7 Å². The van der Waals surface area contributed by atoms with E-state index in [0.717, 1.165) is 0 Å². The van der Waals surface area contributed by atoms with Gasteiger partial charge >= 0.3 is 0 Å². The van der Waals surface area contributed by atoms with Gasteiger partial charge in [-0.2, -0.15) is 0 Å². The van der Waals surface area contributed by atoms with Crippen LogP contribution in [0.5, 0.6) is 0 Å². The molecule has 6 heteroatoms. The molecule has 1 unspecified atom stereocenters. The summed E-state index contributed by atoms with van der Waals surface area (Å²) in [6, 6.07) is 5.16. The fourth-order valence-electron chi connectivity index (χ4n) is 2.40. The van der Waals surface area contributed by atoms with Gasteiger partial charge in [-0.1, -0.05) is 6.07 Å². The fourth-order valence-corrected chi connectivity index (χ4v) is 2.40. The van der Waals surface area contributed by atoms with Gasteiger partial charge in [-0.25, -0.2) is 10.8 Å². The van der Waals surface area contributed by atoms with Crippen LogP contribution in [-0.4, -0.2) is 40.6 Å². The van der Waals surface area contributed by atoms with Crippen LogP contribution in [0.3, 0.4) is 0 Å². The highest BCUT2D eigenvalue weighted by Gasteiger charge is 2.34. The van der Waals surface area contributed by atoms with Gasteiger partial charge in [-0.05, 0) is 32.9 Å². The van der Waals surface area contributed by atoms with E-state index in [9.17, 15) is 4.79 Å². The summed E-state index contributed by atoms with van der Waals surface area (Å²) in [7, 11) is 0. The Bertz CT molecular complexity index is 475. The number of rotatable bonds is 2. The van der Waals surface area contributed by atoms with Crippen LogP contribution in [0, 0.1) is 0 Å². The third-order valence-electron chi connectivity index (χ3n) is 2.97. The lowest BCUT2D eigenvalue weighted by Gasteiger charge is -2.41. The molecule has 1 fully saturated rings. The highest BCUT2D eigenvalue weighted by molar-refractivity contribution is 5.92. The highest BCUT2D eigenvalue weighted by Crippen LogP contribution is 2.22. The second-order valence-corrected chi connectivity index (χ2v) is 5.43. The summed E-state index contributed by atoms with van der Waals surface area (Å²) < 4.78 is 5.79. The Morgan fingerprint density at radius 2 is 2.32 bits per heavy atom. The molecular formula is C13H20N4O2. The molecule has 2 heterocycles. The predicted octanol–water partition coefficient (Wildman–Crippen LogP) is 1.01. The summed E-state index contributed by atoms with van der Waals surface area (Å²) in [6.07, 6.45) is 0.0171. The van der Waals surface area contributed by atoms with Gasteiger partial charge < -0.3 is 15.1 Å². The van der Waals surface area contributed by atoms with Gasteiger partial charge in [-0.15, -0.1) is 0 Å². The lowest BCUT2D eigenvalue weighted by molar-refractivity contribution is -0.118. The first-order valence-corrected chi connectivity index (χ1v) is 6.32. The van der Waals surface area contributed by atoms with Gasteiger partial charge in [0.25, 0.3) is 5.91 Å². The van der Waals surface area contributed by atoms with Crippen molar-refractivity contribution >= 4 is 11.7 Å². The Balaban J connectivity index is 2.18. The fraction of sp³-hybridized carbons (Fsp3) is 0.538. The number of morpholine rings is 1. The summed E-state index contributed by atoms with van der Waals surface area (Å²) >= 11 is 0. The summed E-state index contributed by atoms with van der Waals surface area (Å²) in [6.45, 7) is 7.05. The van der Waals surface area contributed by atoms with Crippen molar-refractivity contribution in [3.05, 3.63) is 23.9 Å². The van der Waals surface area contributed by atoms with E-state index in [1.165, 1.54) is 0 Å². The normalized spacial score (nSPS) is 22.1. The smallest absolute Gasteiger partial charge is 0.272 e. The number of nitrogens with two attached hydrogens (primary N) is 1. The SMILES string of the molecule is CC1CN(C(=O)c2cccc(NN)n2)CC(C)(C)O1. The largest absolute Gasteiger partial charge is 0.369 e. The molecule has 1 aliphatic heterocycles. The number of hydrogen-bond acceptors (Lipinski definition) is 5. The first-order chi connectivity index (χ1) is 8.91. The molecule has 0 aromatic carbocycles. The number of anilines is 1. The maximum absolute atomic E-state index is 12.4. The quantitative estimate of drug-likeness (QED) is 0.615. The molecule has 1 saturated heterocycles. The molecule has 1 aromatic rings. The number of aromatic nitrogens is 1. The lowest BCUT2D eigenvalue weighted by Crippen LogP contribution is -2.53. The summed E-state index contributed by atoms with van der Waals surface area (Å²) in [5.74, 6) is 5.69. The van der Waals surface area contributed by atoms with E-state index in [0.29, 0.717) is 24.6 Å². The number of nitrogens with zero attached hydrogens (tertiary/aromatic N) is 2. The third kappa shape index (κ3) is 3.21. The Hall–Kier alpha value is -1.66. The van der Waals surface area contributed by atoms with Crippen molar-refractivity contribution in [2.24, 2.45) is 5.84 Å². The van der Waals surface area contributed by atoms with E-state index in [-0.39, 0.29) is 17.6 Å². The van der Waals surface area contributed by atoms with Gasteiger partial charge in [0, 0.05) is 13.1 Å². The third-order valence-corrected chi connectivity index (χ3v) is 2.97. The Kier molecular flexibility index (Phi) is 3.73. The molecule has 1 aliphatic rings. The number of hydrazine groups is 1. The number of hydrogen-bond donors (Lipinski definition) is 2. The maximum Gasteiger partial charge on any atom is 0.272 e. The number of nitrogens with one attached hydrogen (secondary N) is 1. The van der Waals surface area contributed by atoms with Crippen LogP contribution in [0.25, 0.3) is 0 Å². The van der Waals surface area contributed by atoms with Crippen molar-refractivity contribution in [1.82, 2.24) is 9.88 Å². The molecule has 104 valence electrons. The van der Waals surface area contributed by atoms with Crippen LogP contribution in [-0.2, 0) is 4.74 Å². The zero-order valence-electron chi connectivity index (χ0n) is 11.5. The summed E-state index contributed by atoms with van der Waals surface area (Å²) in [4.78, 5) is 18.4. The summed E-state index contributed by atoms with van der Waals surface area (Å²) in [5, 5.41) is 0. The van der Waals surface area contributed by atoms with Crippen molar-refractivity contribution in [1.29, 1.82) is 0 Å². The standard InChI is InChI=1S/C13H20N4O2/c1-9-7-17(8-13(2,3)19-9)12(18)10-5-4-6-11(15-10)16-14/h4-6,9H,7-8,14H2,1-3H3,(H,15,16). The Labute approximate surface area is 112 Å². The maximum atomic E-state index is 12.4. The topological polar surface area (TPSA) is 80.5 Å². The molecule has 0 bridgehead atoms. The minimum Gasteiger partial charge on any atom is -0.369 e. The van der Waals surface area contributed by atoms with Gasteiger partial charge in [0.15, 0.2) is 0 Å². The predicted molar refractivity (Wildman–Crippen MR) is 72.6 cm³/mol. The van der Waals surface area contributed by atoms with E-state index >= 15 is 0 Å². The van der Waals surface area contributed by atoms with Crippen molar-refractivity contribution in [2.45, 2.75) is 32.5 Å². The van der Waals surface area contributed by atoms with Gasteiger partial charge in [0.1, 0.15) is 11.5 Å². The molecule has 6 nitrogen and oxygen atoms in total. The number of pyridine rings is 1. The van der Waals surface area contributed by atoms with Crippen molar-refractivity contribution < 1.29 is 9.53 Å². The molecule has 3 N–H and O–H groups in total. The van der Waals surface area contributed by atoms with Crippen molar-refractivity contribution in [2.75, 3.05) is 18.5 Å². The van der Waals surface area contributed by atoms with E-state index in [1.54, 1.807) is 23.1 Å².